The van der Waals surface area contributed by atoms with Gasteiger partial charge in [0.25, 0.3) is 0 Å². The van der Waals surface area contributed by atoms with Crippen LogP contribution in [0.1, 0.15) is 55.6 Å². The number of allylic oxidation sites excluding steroid dienone is 1. The molecule has 2 aromatic rings. The Labute approximate surface area is 219 Å². The SMILES string of the molecule is C=CCC1(C)CC(c2cccc(Cl)c2)C(c2ccc(Cl)cc2)C(OC)[N+](C)(C(CO)C2CC2)C1=O. The van der Waals surface area contributed by atoms with Gasteiger partial charge in [0, 0.05) is 29.0 Å². The molecule has 35 heavy (non-hydrogen) atoms. The van der Waals surface area contributed by atoms with Crippen LogP contribution in [0.5, 0.6) is 0 Å². The Morgan fingerprint density at radius 3 is 2.40 bits per heavy atom. The second-order valence-electron chi connectivity index (χ2n) is 10.7. The Kier molecular flexibility index (Phi) is 7.80. The summed E-state index contributed by atoms with van der Waals surface area (Å²) in [5.74, 6) is 0.184. The number of benzene rings is 2. The highest BCUT2D eigenvalue weighted by Gasteiger charge is 2.63. The van der Waals surface area contributed by atoms with E-state index in [-0.39, 0.29) is 34.9 Å². The van der Waals surface area contributed by atoms with Gasteiger partial charge in [-0.1, -0.05) is 53.5 Å². The number of likely N-dealkylation sites (N-methyl/N-ethyl adjacent to an activating group) is 1. The van der Waals surface area contributed by atoms with Gasteiger partial charge < -0.3 is 9.84 Å². The second-order valence-corrected chi connectivity index (χ2v) is 11.5. The van der Waals surface area contributed by atoms with Gasteiger partial charge in [-0.25, -0.2) is 9.28 Å². The smallest absolute Gasteiger partial charge is 0.322 e. The van der Waals surface area contributed by atoms with Crippen molar-refractivity contribution in [2.45, 2.75) is 56.7 Å². The summed E-state index contributed by atoms with van der Waals surface area (Å²) in [7, 11) is 3.66. The molecule has 1 aliphatic heterocycles. The van der Waals surface area contributed by atoms with E-state index in [4.69, 9.17) is 27.9 Å². The number of hydrogen-bond acceptors (Lipinski definition) is 3. The fraction of sp³-hybridized carbons (Fsp3) is 0.483. The lowest BCUT2D eigenvalue weighted by atomic mass is 9.71. The number of amides is 1. The topological polar surface area (TPSA) is 46.5 Å². The van der Waals surface area contributed by atoms with Gasteiger partial charge >= 0.3 is 5.91 Å². The highest BCUT2D eigenvalue weighted by Crippen LogP contribution is 2.54. The molecule has 2 aliphatic rings. The molecule has 6 atom stereocenters. The van der Waals surface area contributed by atoms with Crippen molar-refractivity contribution in [3.63, 3.8) is 0 Å². The van der Waals surface area contributed by atoms with Crippen molar-refractivity contribution < 1.29 is 19.1 Å². The van der Waals surface area contributed by atoms with Crippen molar-refractivity contribution in [3.05, 3.63) is 82.4 Å². The lowest BCUT2D eigenvalue weighted by molar-refractivity contribution is -0.914. The zero-order chi connectivity index (χ0) is 25.4. The van der Waals surface area contributed by atoms with Crippen LogP contribution in [0.15, 0.2) is 61.2 Å². The number of likely N-dealkylation sites (tertiary alicyclic amines) is 1. The fourth-order valence-electron chi connectivity index (χ4n) is 6.51. The minimum Gasteiger partial charge on any atom is -0.390 e. The predicted octanol–water partition coefficient (Wildman–Crippen LogP) is 6.56. The lowest BCUT2D eigenvalue weighted by Gasteiger charge is -2.47. The number of quaternary nitrogens is 1. The van der Waals surface area contributed by atoms with Crippen molar-refractivity contribution in [2.75, 3.05) is 20.8 Å². The Hall–Kier alpha value is -1.69. The van der Waals surface area contributed by atoms with E-state index < -0.39 is 11.6 Å². The first-order valence-corrected chi connectivity index (χ1v) is 13.1. The first-order chi connectivity index (χ1) is 16.7. The van der Waals surface area contributed by atoms with Crippen LogP contribution in [0.25, 0.3) is 0 Å². The average molecular weight is 518 g/mol. The van der Waals surface area contributed by atoms with Gasteiger partial charge in [-0.05, 0) is 68.0 Å². The summed E-state index contributed by atoms with van der Waals surface area (Å²) in [5.41, 5.74) is 1.44. The number of carbonyl (C=O) groups is 1. The summed E-state index contributed by atoms with van der Waals surface area (Å²) in [4.78, 5) is 14.6. The van der Waals surface area contributed by atoms with E-state index in [1.54, 1.807) is 7.11 Å². The maximum atomic E-state index is 14.6. The number of methoxy groups -OCH3 is 1. The van der Waals surface area contributed by atoms with E-state index in [0.29, 0.717) is 28.8 Å². The molecule has 0 bridgehead atoms. The zero-order valence-corrected chi connectivity index (χ0v) is 22.3. The molecule has 1 amide bonds. The molecule has 6 heteroatoms. The molecule has 2 aromatic carbocycles. The van der Waals surface area contributed by atoms with E-state index >= 15 is 0 Å². The third-order valence-electron chi connectivity index (χ3n) is 8.30. The van der Waals surface area contributed by atoms with E-state index in [1.165, 1.54) is 0 Å². The first kappa shape index (κ1) is 26.4. The van der Waals surface area contributed by atoms with Crippen LogP contribution in [0.2, 0.25) is 10.0 Å². The number of hydrogen-bond donors (Lipinski definition) is 1. The number of carbonyl (C=O) groups excluding carboxylic acids is 1. The molecule has 1 aliphatic carbocycles. The Morgan fingerprint density at radius 2 is 1.86 bits per heavy atom. The number of ether oxygens (including phenoxy) is 1. The molecular weight excluding hydrogens is 481 g/mol. The van der Waals surface area contributed by atoms with E-state index in [9.17, 15) is 9.90 Å². The van der Waals surface area contributed by atoms with Crippen molar-refractivity contribution in [2.24, 2.45) is 11.3 Å². The maximum absolute atomic E-state index is 14.6. The average Bonchev–Trinajstić information content (AvgIpc) is 3.67. The van der Waals surface area contributed by atoms with E-state index in [2.05, 4.69) is 12.6 Å². The Morgan fingerprint density at radius 1 is 1.17 bits per heavy atom. The van der Waals surface area contributed by atoms with Crippen LogP contribution in [0.4, 0.5) is 0 Å². The predicted molar refractivity (Wildman–Crippen MR) is 142 cm³/mol. The summed E-state index contributed by atoms with van der Waals surface area (Å²) in [6.45, 7) is 5.97. The summed E-state index contributed by atoms with van der Waals surface area (Å²) in [6.07, 6.45) is 4.53. The van der Waals surface area contributed by atoms with Gasteiger partial charge in [0.2, 0.25) is 6.23 Å². The standard InChI is InChI=1S/C29H36Cl2NO3/c1-5-15-29(2)17-24(21-7-6-8-23(31)16-21)26(20-11-13-22(30)14-12-20)27(35-4)32(3,28(29)34)25(18-33)19-9-10-19/h5-8,11-14,16,19,24-27,33H,1,9-10,15,17-18H2,2-4H3/q+1. The van der Waals surface area contributed by atoms with E-state index in [1.807, 2.05) is 62.5 Å². The van der Waals surface area contributed by atoms with Crippen LogP contribution in [-0.4, -0.2) is 48.5 Å². The van der Waals surface area contributed by atoms with Crippen LogP contribution >= 0.6 is 23.2 Å². The van der Waals surface area contributed by atoms with Gasteiger partial charge in [-0.2, -0.15) is 0 Å². The quantitative estimate of drug-likeness (QED) is 0.319. The summed E-state index contributed by atoms with van der Waals surface area (Å²) in [6, 6.07) is 15.5. The highest BCUT2D eigenvalue weighted by molar-refractivity contribution is 6.30. The monoisotopic (exact) mass is 516 g/mol. The van der Waals surface area contributed by atoms with Gasteiger partial charge in [-0.15, -0.1) is 6.58 Å². The molecule has 1 N–H and O–H groups in total. The molecule has 4 nitrogen and oxygen atoms in total. The molecule has 2 fully saturated rings. The maximum Gasteiger partial charge on any atom is 0.322 e. The van der Waals surface area contributed by atoms with Crippen LogP contribution in [0.3, 0.4) is 0 Å². The first-order valence-electron chi connectivity index (χ1n) is 12.4. The van der Waals surface area contributed by atoms with Crippen LogP contribution in [0, 0.1) is 11.3 Å². The summed E-state index contributed by atoms with van der Waals surface area (Å²) < 4.78 is 6.35. The zero-order valence-electron chi connectivity index (χ0n) is 20.8. The van der Waals surface area contributed by atoms with Crippen LogP contribution < -0.4 is 0 Å². The number of halogens is 2. The number of aliphatic hydroxyl groups is 1. The largest absolute Gasteiger partial charge is 0.390 e. The molecule has 1 saturated carbocycles. The normalized spacial score (nSPS) is 32.2. The van der Waals surface area contributed by atoms with Crippen molar-refractivity contribution in [1.82, 2.24) is 0 Å². The minimum absolute atomic E-state index is 0.0341. The summed E-state index contributed by atoms with van der Waals surface area (Å²) >= 11 is 12.7. The fourth-order valence-corrected chi connectivity index (χ4v) is 6.83. The molecule has 188 valence electrons. The molecule has 1 heterocycles. The van der Waals surface area contributed by atoms with Gasteiger partial charge in [0.1, 0.15) is 6.04 Å². The Balaban J connectivity index is 2.00. The third kappa shape index (κ3) is 4.84. The van der Waals surface area contributed by atoms with Gasteiger partial charge in [-0.3, -0.25) is 0 Å². The molecule has 0 radical (unpaired) electrons. The molecule has 4 rings (SSSR count). The summed E-state index contributed by atoms with van der Waals surface area (Å²) in [5, 5.41) is 11.9. The molecule has 0 aromatic heterocycles. The molecule has 0 spiro atoms. The highest BCUT2D eigenvalue weighted by atomic mass is 35.5. The van der Waals surface area contributed by atoms with Gasteiger partial charge in [0.15, 0.2) is 0 Å². The third-order valence-corrected chi connectivity index (χ3v) is 8.79. The number of aliphatic hydroxyl groups excluding tert-OH is 1. The molecule has 1 saturated heterocycles. The second kappa shape index (κ2) is 10.4. The van der Waals surface area contributed by atoms with Crippen molar-refractivity contribution >= 4 is 29.1 Å². The molecular formula is C29H36Cl2NO3+. The van der Waals surface area contributed by atoms with Gasteiger partial charge in [0.05, 0.1) is 25.0 Å². The van der Waals surface area contributed by atoms with Crippen molar-refractivity contribution in [3.8, 4) is 0 Å². The van der Waals surface area contributed by atoms with Crippen molar-refractivity contribution in [1.29, 1.82) is 0 Å². The minimum atomic E-state index is -0.691. The van der Waals surface area contributed by atoms with Crippen LogP contribution in [-0.2, 0) is 9.53 Å². The number of nitrogens with zero attached hydrogens (tertiary/aromatic N) is 1. The van der Waals surface area contributed by atoms with E-state index in [0.717, 1.165) is 24.0 Å². The molecule has 6 unspecified atom stereocenters. The lowest BCUT2D eigenvalue weighted by Crippen LogP contribution is -2.68. The number of rotatable bonds is 8. The Bertz CT molecular complexity index is 1070.